The number of hydrogen-bond acceptors (Lipinski definition) is 3. The fourth-order valence-corrected chi connectivity index (χ4v) is 2.70. The van der Waals surface area contributed by atoms with E-state index < -0.39 is 11.7 Å². The average molecular weight is 300 g/mol. The second-order valence-corrected chi connectivity index (χ2v) is 5.31. The highest BCUT2D eigenvalue weighted by atomic mass is 32.1. The van der Waals surface area contributed by atoms with Gasteiger partial charge in [0.25, 0.3) is 0 Å². The highest BCUT2D eigenvalue weighted by molar-refractivity contribution is 7.07. The van der Waals surface area contributed by atoms with Gasteiger partial charge in [0.15, 0.2) is 0 Å². The Morgan fingerprint density at radius 3 is 2.55 bits per heavy atom. The van der Waals surface area contributed by atoms with Crippen LogP contribution in [0.2, 0.25) is 0 Å². The number of halogens is 3. The van der Waals surface area contributed by atoms with Gasteiger partial charge in [-0.15, -0.1) is 0 Å². The van der Waals surface area contributed by atoms with Crippen molar-refractivity contribution in [1.82, 2.24) is 0 Å². The molecule has 2 nitrogen and oxygen atoms in total. The predicted octanol–water partition coefficient (Wildman–Crippen LogP) is 3.86. The van der Waals surface area contributed by atoms with Gasteiger partial charge in [-0.3, -0.25) is 0 Å². The number of thiophene rings is 1. The summed E-state index contributed by atoms with van der Waals surface area (Å²) in [6.45, 7) is 0.717. The van der Waals surface area contributed by atoms with Crippen molar-refractivity contribution in [2.24, 2.45) is 5.73 Å². The van der Waals surface area contributed by atoms with Crippen LogP contribution in [0.1, 0.15) is 16.7 Å². The monoisotopic (exact) mass is 300 g/mol. The number of nitrogens with zero attached hydrogens (tertiary/aromatic N) is 1. The summed E-state index contributed by atoms with van der Waals surface area (Å²) >= 11 is 1.59. The number of hydrogen-bond donors (Lipinski definition) is 1. The molecule has 1 aromatic carbocycles. The molecule has 1 heterocycles. The largest absolute Gasteiger partial charge is 0.416 e. The van der Waals surface area contributed by atoms with Crippen LogP contribution in [0.4, 0.5) is 18.9 Å². The van der Waals surface area contributed by atoms with Gasteiger partial charge < -0.3 is 10.6 Å². The molecule has 0 aliphatic rings. The first-order valence-electron chi connectivity index (χ1n) is 6.04. The number of nitrogens with two attached hydrogens (primary N) is 1. The van der Waals surface area contributed by atoms with Crippen LogP contribution in [0.15, 0.2) is 35.0 Å². The molecule has 0 aliphatic carbocycles. The lowest BCUT2D eigenvalue weighted by atomic mass is 10.1. The molecule has 0 unspecified atom stereocenters. The Morgan fingerprint density at radius 1 is 1.25 bits per heavy atom. The van der Waals surface area contributed by atoms with Gasteiger partial charge in [0.1, 0.15) is 0 Å². The van der Waals surface area contributed by atoms with Gasteiger partial charge in [0, 0.05) is 25.8 Å². The van der Waals surface area contributed by atoms with Crippen LogP contribution in [0, 0.1) is 0 Å². The van der Waals surface area contributed by atoms with Gasteiger partial charge >= 0.3 is 6.18 Å². The van der Waals surface area contributed by atoms with Gasteiger partial charge in [-0.25, -0.2) is 0 Å². The lowest BCUT2D eigenvalue weighted by Gasteiger charge is -2.22. The minimum absolute atomic E-state index is 0.0766. The molecule has 0 aliphatic heterocycles. The van der Waals surface area contributed by atoms with E-state index in [0.29, 0.717) is 12.1 Å². The van der Waals surface area contributed by atoms with Crippen molar-refractivity contribution < 1.29 is 13.2 Å². The molecule has 6 heteroatoms. The van der Waals surface area contributed by atoms with Crippen molar-refractivity contribution in [3.05, 3.63) is 51.7 Å². The number of rotatable bonds is 4. The van der Waals surface area contributed by atoms with Crippen LogP contribution in [0.5, 0.6) is 0 Å². The number of benzene rings is 1. The summed E-state index contributed by atoms with van der Waals surface area (Å²) in [5, 5.41) is 3.99. The maximum absolute atomic E-state index is 12.7. The Bertz CT molecular complexity index is 564. The van der Waals surface area contributed by atoms with E-state index in [2.05, 4.69) is 0 Å². The lowest BCUT2D eigenvalue weighted by molar-refractivity contribution is -0.137. The summed E-state index contributed by atoms with van der Waals surface area (Å²) in [6.07, 6.45) is -4.34. The summed E-state index contributed by atoms with van der Waals surface area (Å²) in [6, 6.07) is 5.70. The van der Waals surface area contributed by atoms with Crippen molar-refractivity contribution in [3.63, 3.8) is 0 Å². The molecule has 2 rings (SSSR count). The van der Waals surface area contributed by atoms with Crippen LogP contribution in [0.25, 0.3) is 0 Å². The highest BCUT2D eigenvalue weighted by Crippen LogP contribution is 2.33. The second-order valence-electron chi connectivity index (χ2n) is 4.53. The Balaban J connectivity index is 2.27. The van der Waals surface area contributed by atoms with E-state index in [0.717, 1.165) is 23.4 Å². The molecule has 0 amide bonds. The maximum Gasteiger partial charge on any atom is 0.416 e. The Morgan fingerprint density at radius 2 is 2.00 bits per heavy atom. The van der Waals surface area contributed by atoms with Gasteiger partial charge in [-0.1, -0.05) is 0 Å². The molecule has 0 saturated carbocycles. The van der Waals surface area contributed by atoms with Gasteiger partial charge in [0.05, 0.1) is 5.56 Å². The summed E-state index contributed by atoms with van der Waals surface area (Å²) < 4.78 is 38.1. The van der Waals surface area contributed by atoms with Gasteiger partial charge in [0.2, 0.25) is 0 Å². The van der Waals surface area contributed by atoms with E-state index in [1.165, 1.54) is 6.07 Å². The number of alkyl halides is 3. The second kappa shape index (κ2) is 5.85. The molecule has 2 N–H and O–H groups in total. The zero-order chi connectivity index (χ0) is 14.8. The minimum Gasteiger partial charge on any atom is -0.370 e. The third kappa shape index (κ3) is 3.32. The van der Waals surface area contributed by atoms with Crippen molar-refractivity contribution in [3.8, 4) is 0 Å². The Hall–Kier alpha value is -1.53. The maximum atomic E-state index is 12.7. The van der Waals surface area contributed by atoms with E-state index >= 15 is 0 Å². The highest BCUT2D eigenvalue weighted by Gasteiger charge is 2.31. The van der Waals surface area contributed by atoms with Crippen LogP contribution in [0.3, 0.4) is 0 Å². The molecule has 108 valence electrons. The normalized spacial score (nSPS) is 11.7. The summed E-state index contributed by atoms with van der Waals surface area (Å²) in [5.74, 6) is 0. The first-order valence-corrected chi connectivity index (χ1v) is 6.98. The summed E-state index contributed by atoms with van der Waals surface area (Å²) in [5.41, 5.74) is 7.27. The Labute approximate surface area is 119 Å². The van der Waals surface area contributed by atoms with Crippen molar-refractivity contribution >= 4 is 17.0 Å². The molecule has 0 bridgehead atoms. The van der Waals surface area contributed by atoms with Crippen LogP contribution < -0.4 is 10.6 Å². The molecule has 0 saturated heterocycles. The van der Waals surface area contributed by atoms with Crippen LogP contribution in [-0.4, -0.2) is 7.05 Å². The molecule has 20 heavy (non-hydrogen) atoms. The molecule has 1 aromatic heterocycles. The SMILES string of the molecule is CN(Cc1ccsc1)c1ccc(C(F)(F)F)cc1CN. The first-order chi connectivity index (χ1) is 9.41. The predicted molar refractivity (Wildman–Crippen MR) is 75.8 cm³/mol. The first kappa shape index (κ1) is 14.9. The minimum atomic E-state index is -4.34. The van der Waals surface area contributed by atoms with E-state index in [9.17, 15) is 13.2 Å². The van der Waals surface area contributed by atoms with E-state index in [-0.39, 0.29) is 6.54 Å². The van der Waals surface area contributed by atoms with Crippen molar-refractivity contribution in [1.29, 1.82) is 0 Å². The quantitative estimate of drug-likeness (QED) is 0.929. The zero-order valence-electron chi connectivity index (χ0n) is 10.9. The van der Waals surface area contributed by atoms with Crippen LogP contribution in [-0.2, 0) is 19.3 Å². The lowest BCUT2D eigenvalue weighted by Crippen LogP contribution is -2.19. The van der Waals surface area contributed by atoms with Gasteiger partial charge in [-0.2, -0.15) is 24.5 Å². The summed E-state index contributed by atoms with van der Waals surface area (Å²) in [7, 11) is 1.85. The fraction of sp³-hybridized carbons (Fsp3) is 0.286. The van der Waals surface area contributed by atoms with Crippen molar-refractivity contribution in [2.45, 2.75) is 19.3 Å². The van der Waals surface area contributed by atoms with E-state index in [4.69, 9.17) is 5.73 Å². The van der Waals surface area contributed by atoms with Crippen LogP contribution >= 0.6 is 11.3 Å². The molecule has 0 atom stereocenters. The Kier molecular flexibility index (Phi) is 4.35. The third-order valence-corrected chi connectivity index (χ3v) is 3.77. The summed E-state index contributed by atoms with van der Waals surface area (Å²) in [4.78, 5) is 1.91. The molecule has 2 aromatic rings. The van der Waals surface area contributed by atoms with E-state index in [1.54, 1.807) is 11.3 Å². The molecular formula is C14H15F3N2S. The molecule has 0 fully saturated rings. The molecular weight excluding hydrogens is 285 g/mol. The third-order valence-electron chi connectivity index (χ3n) is 3.04. The fourth-order valence-electron chi connectivity index (χ4n) is 2.04. The number of anilines is 1. The van der Waals surface area contributed by atoms with Gasteiger partial charge in [-0.05, 0) is 46.2 Å². The molecule has 0 spiro atoms. The van der Waals surface area contributed by atoms with E-state index in [1.807, 2.05) is 28.8 Å². The zero-order valence-corrected chi connectivity index (χ0v) is 11.8. The smallest absolute Gasteiger partial charge is 0.370 e. The topological polar surface area (TPSA) is 29.3 Å². The molecule has 0 radical (unpaired) electrons. The van der Waals surface area contributed by atoms with Crippen molar-refractivity contribution in [2.75, 3.05) is 11.9 Å². The average Bonchev–Trinajstić information content (AvgIpc) is 2.89. The standard InChI is InChI=1S/C14H15F3N2S/c1-19(8-10-4-5-20-9-10)13-3-2-12(14(15,16)17)6-11(13)7-18/h2-6,9H,7-8,18H2,1H3.